The van der Waals surface area contributed by atoms with Gasteiger partial charge in [-0.3, -0.25) is 0 Å². The Morgan fingerprint density at radius 1 is 0.571 bits per heavy atom. The second-order valence-electron chi connectivity index (χ2n) is 3.13. The number of rotatable bonds is 0. The monoisotopic (exact) mass is 574 g/mol. The highest BCUT2D eigenvalue weighted by Crippen LogP contribution is 2.55. The average molecular weight is 580 g/mol. The highest BCUT2D eigenvalue weighted by Gasteiger charge is 2.46. The number of allylic oxidation sites excluding steroid dienone is 4. The van der Waals surface area contributed by atoms with Gasteiger partial charge in [0.05, 0.1) is 19.3 Å². The largest absolute Gasteiger partial charge is 0.0822 e. The van der Waals surface area contributed by atoms with Crippen LogP contribution in [-0.4, -0.2) is 19.3 Å². The first kappa shape index (κ1) is 12.8. The maximum atomic E-state index is 3.70. The van der Waals surface area contributed by atoms with Crippen LogP contribution in [-0.2, 0) is 0 Å². The molecule has 0 N–H and O–H groups in total. The van der Waals surface area contributed by atoms with E-state index in [0.29, 0.717) is 19.3 Å². The van der Waals surface area contributed by atoms with Crippen molar-refractivity contribution in [3.8, 4) is 0 Å². The molecule has 0 heterocycles. The van der Waals surface area contributed by atoms with Crippen LogP contribution in [0, 0.1) is 0 Å². The topological polar surface area (TPSA) is 0 Å². The summed E-state index contributed by atoms with van der Waals surface area (Å²) < 4.78 is 2.46. The summed E-state index contributed by atoms with van der Waals surface area (Å²) in [5, 5.41) is 0. The van der Waals surface area contributed by atoms with Crippen LogP contribution < -0.4 is 0 Å². The molecule has 0 aromatic carbocycles. The molecule has 0 saturated carbocycles. The Morgan fingerprint density at radius 2 is 0.857 bits per heavy atom. The van der Waals surface area contributed by atoms with Crippen molar-refractivity contribution >= 4 is 95.6 Å². The quantitative estimate of drug-likeness (QED) is 0.339. The Balaban J connectivity index is 2.56. The third kappa shape index (κ3) is 1.74. The molecule has 0 nitrogen and oxygen atoms in total. The van der Waals surface area contributed by atoms with Crippen LogP contribution in [0.2, 0.25) is 0 Å². The third-order valence-corrected chi connectivity index (χ3v) is 10.8. The van der Waals surface area contributed by atoms with Crippen molar-refractivity contribution in [1.29, 1.82) is 0 Å². The molecule has 0 saturated heterocycles. The maximum Gasteiger partial charge on any atom is 0.0630 e. The van der Waals surface area contributed by atoms with E-state index in [2.05, 4.69) is 95.6 Å². The van der Waals surface area contributed by atoms with E-state index in [-0.39, 0.29) is 0 Å². The van der Waals surface area contributed by atoms with Gasteiger partial charge in [0.25, 0.3) is 0 Å². The number of fused-ring (bicyclic) bond motifs is 1. The molecule has 0 aromatic rings. The molecule has 0 radical (unpaired) electrons. The Labute approximate surface area is 133 Å². The van der Waals surface area contributed by atoms with Crippen LogP contribution in [0.3, 0.4) is 0 Å². The molecule has 0 aliphatic heterocycles. The third-order valence-electron chi connectivity index (χ3n) is 2.35. The summed E-state index contributed by atoms with van der Waals surface area (Å²) in [7, 11) is 0. The normalized spacial score (nSPS) is 42.4. The molecule has 2 aliphatic rings. The zero-order chi connectivity index (χ0) is 10.6. The Morgan fingerprint density at radius 3 is 1.14 bits per heavy atom. The summed E-state index contributed by atoms with van der Waals surface area (Å²) in [6.45, 7) is 0. The van der Waals surface area contributed by atoms with Crippen LogP contribution in [0.1, 0.15) is 0 Å². The van der Waals surface area contributed by atoms with E-state index in [1.807, 2.05) is 0 Å². The maximum absolute atomic E-state index is 3.70. The highest BCUT2D eigenvalue weighted by molar-refractivity contribution is 9.15. The summed E-state index contributed by atoms with van der Waals surface area (Å²) in [6.07, 6.45) is 0. The van der Waals surface area contributed by atoms with Crippen LogP contribution in [0.4, 0.5) is 0 Å². The van der Waals surface area contributed by atoms with Gasteiger partial charge in [-0.25, -0.2) is 0 Å². The molecule has 0 bridgehead atoms. The number of hydrogen-bond donors (Lipinski definition) is 0. The minimum absolute atomic E-state index is 0.333. The average Bonchev–Trinajstić information content (AvgIpc) is 2.51. The van der Waals surface area contributed by atoms with Gasteiger partial charge in [0.15, 0.2) is 0 Å². The van der Waals surface area contributed by atoms with Gasteiger partial charge in [0.2, 0.25) is 0 Å². The summed E-state index contributed by atoms with van der Waals surface area (Å²) in [5.41, 5.74) is 2.70. The zero-order valence-electron chi connectivity index (χ0n) is 6.58. The van der Waals surface area contributed by atoms with Crippen molar-refractivity contribution in [3.05, 3.63) is 20.1 Å². The molecule has 14 heavy (non-hydrogen) atoms. The standard InChI is InChI=1S/C8H4Br6/c9-3-1-2(5(11)7(3)13)6(12)8(14)4(1)10/h3,6-8H/t3-,6+,7+,8+. The Kier molecular flexibility index (Phi) is 4.17. The lowest BCUT2D eigenvalue weighted by atomic mass is 10.2. The van der Waals surface area contributed by atoms with Crippen molar-refractivity contribution in [2.75, 3.05) is 0 Å². The molecule has 2 aliphatic carbocycles. The summed E-state index contributed by atoms with van der Waals surface area (Å²) >= 11 is 22.0. The van der Waals surface area contributed by atoms with Gasteiger partial charge in [-0.05, 0) is 11.1 Å². The Hall–Kier alpha value is 2.36. The van der Waals surface area contributed by atoms with E-state index in [1.165, 1.54) is 20.1 Å². The van der Waals surface area contributed by atoms with E-state index in [9.17, 15) is 0 Å². The Bertz CT molecular complexity index is 310. The fourth-order valence-electron chi connectivity index (χ4n) is 1.66. The molecule has 4 atom stereocenters. The molecule has 2 rings (SSSR count). The van der Waals surface area contributed by atoms with E-state index in [0.717, 1.165) is 0 Å². The molecule has 0 aromatic heterocycles. The fraction of sp³-hybridized carbons (Fsp3) is 0.500. The lowest BCUT2D eigenvalue weighted by molar-refractivity contribution is 1.11. The van der Waals surface area contributed by atoms with Crippen molar-refractivity contribution in [3.63, 3.8) is 0 Å². The molecule has 0 amide bonds. The smallest absolute Gasteiger partial charge is 0.0630 e. The van der Waals surface area contributed by atoms with Gasteiger partial charge in [-0.1, -0.05) is 95.6 Å². The second kappa shape index (κ2) is 4.56. The number of halogens is 6. The van der Waals surface area contributed by atoms with Gasteiger partial charge < -0.3 is 0 Å². The molecular formula is C8H4Br6. The molecular weight excluding hydrogens is 576 g/mol. The van der Waals surface area contributed by atoms with Gasteiger partial charge in [0, 0.05) is 8.96 Å². The molecule has 0 fully saturated rings. The van der Waals surface area contributed by atoms with Crippen LogP contribution >= 0.6 is 95.6 Å². The second-order valence-corrected chi connectivity index (χ2v) is 8.78. The lowest BCUT2D eigenvalue weighted by Crippen LogP contribution is -2.12. The van der Waals surface area contributed by atoms with Crippen LogP contribution in [0.15, 0.2) is 20.1 Å². The van der Waals surface area contributed by atoms with Crippen LogP contribution in [0.5, 0.6) is 0 Å². The lowest BCUT2D eigenvalue weighted by Gasteiger charge is -2.11. The fourth-order valence-corrected chi connectivity index (χ4v) is 6.97. The van der Waals surface area contributed by atoms with Crippen molar-refractivity contribution in [2.45, 2.75) is 19.3 Å². The predicted molar refractivity (Wildman–Crippen MR) is 82.8 cm³/mol. The minimum Gasteiger partial charge on any atom is -0.0822 e. The summed E-state index contributed by atoms with van der Waals surface area (Å²) in [6, 6.07) is 0. The summed E-state index contributed by atoms with van der Waals surface area (Å²) in [4.78, 5) is 1.34. The number of alkyl halides is 4. The van der Waals surface area contributed by atoms with E-state index >= 15 is 0 Å². The summed E-state index contributed by atoms with van der Waals surface area (Å²) in [5.74, 6) is 0. The SMILES string of the molecule is BrC1=C2C(=C(Br)[C@H](Br)[C@H]2Br)[C@@H](Br)[C@@H]1Br. The first-order valence-corrected chi connectivity index (χ1v) is 9.07. The van der Waals surface area contributed by atoms with Crippen molar-refractivity contribution in [1.82, 2.24) is 0 Å². The number of hydrogen-bond acceptors (Lipinski definition) is 0. The van der Waals surface area contributed by atoms with Gasteiger partial charge in [-0.2, -0.15) is 0 Å². The van der Waals surface area contributed by atoms with E-state index in [4.69, 9.17) is 0 Å². The molecule has 0 unspecified atom stereocenters. The van der Waals surface area contributed by atoms with Gasteiger partial charge >= 0.3 is 0 Å². The van der Waals surface area contributed by atoms with Crippen LogP contribution in [0.25, 0.3) is 0 Å². The predicted octanol–water partition coefficient (Wildman–Crippen LogP) is 5.37. The van der Waals surface area contributed by atoms with E-state index in [1.54, 1.807) is 0 Å². The first-order valence-electron chi connectivity index (χ1n) is 3.82. The zero-order valence-corrected chi connectivity index (χ0v) is 16.1. The van der Waals surface area contributed by atoms with Gasteiger partial charge in [0.1, 0.15) is 0 Å². The minimum atomic E-state index is 0.333. The molecule has 6 heteroatoms. The first-order chi connectivity index (χ1) is 6.46. The van der Waals surface area contributed by atoms with Gasteiger partial charge in [-0.15, -0.1) is 0 Å². The molecule has 0 spiro atoms. The highest BCUT2D eigenvalue weighted by atomic mass is 79.9. The van der Waals surface area contributed by atoms with Crippen molar-refractivity contribution in [2.24, 2.45) is 0 Å². The molecule has 78 valence electrons. The van der Waals surface area contributed by atoms with Crippen molar-refractivity contribution < 1.29 is 0 Å². The van der Waals surface area contributed by atoms with E-state index < -0.39 is 0 Å².